The number of benzene rings is 1. The first kappa shape index (κ1) is 12.5. The lowest BCUT2D eigenvalue weighted by Crippen LogP contribution is -2.30. The van der Waals surface area contributed by atoms with Crippen molar-refractivity contribution < 1.29 is 14.6 Å². The van der Waals surface area contributed by atoms with Crippen molar-refractivity contribution in [3.05, 3.63) is 30.0 Å². The van der Waals surface area contributed by atoms with Crippen molar-refractivity contribution in [1.82, 2.24) is 4.57 Å². The molecule has 0 bridgehead atoms. The first-order valence-corrected chi connectivity index (χ1v) is 5.76. The molecule has 1 heterocycles. The van der Waals surface area contributed by atoms with Gasteiger partial charge in [-0.3, -0.25) is 4.79 Å². The van der Waals surface area contributed by atoms with Gasteiger partial charge in [0.25, 0.3) is 0 Å². The minimum atomic E-state index is -0.932. The summed E-state index contributed by atoms with van der Waals surface area (Å²) in [6.45, 7) is 3.41. The van der Waals surface area contributed by atoms with Crippen molar-refractivity contribution in [1.29, 1.82) is 0 Å². The van der Waals surface area contributed by atoms with Crippen molar-refractivity contribution in [2.45, 2.75) is 19.3 Å². The summed E-state index contributed by atoms with van der Waals surface area (Å²) in [5.74, 6) is -0.0881. The van der Waals surface area contributed by atoms with Crippen LogP contribution in [0.15, 0.2) is 24.3 Å². The van der Waals surface area contributed by atoms with E-state index in [1.54, 1.807) is 21.0 Å². The molecule has 0 aliphatic carbocycles. The second kappa shape index (κ2) is 4.05. The third-order valence-electron chi connectivity index (χ3n) is 3.41. The fraction of sp³-hybridized carbons (Fsp3) is 0.357. The van der Waals surface area contributed by atoms with Gasteiger partial charge in [-0.2, -0.15) is 0 Å². The number of nitrogens with zero attached hydrogens (tertiary/aromatic N) is 1. The fourth-order valence-electron chi connectivity index (χ4n) is 2.25. The Labute approximate surface area is 106 Å². The highest BCUT2D eigenvalue weighted by molar-refractivity contribution is 5.90. The minimum Gasteiger partial charge on any atom is -0.495 e. The Morgan fingerprint density at radius 2 is 2.06 bits per heavy atom. The summed E-state index contributed by atoms with van der Waals surface area (Å²) in [4.78, 5) is 11.4. The fourth-order valence-corrected chi connectivity index (χ4v) is 2.25. The van der Waals surface area contributed by atoms with Crippen LogP contribution in [0.4, 0.5) is 0 Å². The van der Waals surface area contributed by atoms with E-state index in [9.17, 15) is 9.90 Å². The number of aliphatic carboxylic acids is 1. The third kappa shape index (κ3) is 1.65. The molecular weight excluding hydrogens is 230 g/mol. The Hall–Kier alpha value is -1.97. The van der Waals surface area contributed by atoms with Gasteiger partial charge in [0.1, 0.15) is 11.2 Å². The number of fused-ring (bicyclic) bond motifs is 1. The smallest absolute Gasteiger partial charge is 0.315 e. The van der Waals surface area contributed by atoms with Crippen LogP contribution in [-0.2, 0) is 17.3 Å². The summed E-state index contributed by atoms with van der Waals surface area (Å²) in [6.07, 6.45) is 0. The molecular formula is C14H17NO3. The number of hydrogen-bond acceptors (Lipinski definition) is 2. The number of carboxylic acids is 1. The van der Waals surface area contributed by atoms with E-state index >= 15 is 0 Å². The molecule has 1 N–H and O–H groups in total. The number of carbonyl (C=O) groups is 1. The van der Waals surface area contributed by atoms with Gasteiger partial charge in [-0.25, -0.2) is 0 Å². The molecule has 0 radical (unpaired) electrons. The average molecular weight is 247 g/mol. The summed E-state index contributed by atoms with van der Waals surface area (Å²) in [5.41, 5.74) is 0.748. The predicted molar refractivity (Wildman–Crippen MR) is 70.1 cm³/mol. The summed E-state index contributed by atoms with van der Waals surface area (Å²) in [6, 6.07) is 7.64. The molecule has 0 unspecified atom stereocenters. The standard InChI is InChI=1S/C14H17NO3/c1-14(2,13(16)17)11-8-9-6-5-7-10(18-4)12(9)15(11)3/h5-8H,1-4H3,(H,16,17). The number of aryl methyl sites for hydroxylation is 1. The van der Waals surface area contributed by atoms with E-state index in [0.717, 1.165) is 22.3 Å². The molecule has 1 aromatic carbocycles. The van der Waals surface area contributed by atoms with Gasteiger partial charge in [0.2, 0.25) is 0 Å². The Balaban J connectivity index is 2.76. The maximum Gasteiger partial charge on any atom is 0.315 e. The molecule has 0 aliphatic heterocycles. The number of methoxy groups -OCH3 is 1. The van der Waals surface area contributed by atoms with E-state index < -0.39 is 11.4 Å². The van der Waals surface area contributed by atoms with Crippen LogP contribution in [0.3, 0.4) is 0 Å². The molecule has 4 nitrogen and oxygen atoms in total. The summed E-state index contributed by atoms with van der Waals surface area (Å²) in [7, 11) is 3.48. The van der Waals surface area contributed by atoms with Gasteiger partial charge >= 0.3 is 5.97 Å². The molecule has 2 rings (SSSR count). The third-order valence-corrected chi connectivity index (χ3v) is 3.41. The lowest BCUT2D eigenvalue weighted by atomic mass is 9.89. The SMILES string of the molecule is COc1cccc2cc(C(C)(C)C(=O)O)n(C)c12. The minimum absolute atomic E-state index is 0.752. The Kier molecular flexibility index (Phi) is 2.81. The van der Waals surface area contributed by atoms with Crippen LogP contribution in [0.1, 0.15) is 19.5 Å². The topological polar surface area (TPSA) is 51.5 Å². The molecule has 0 saturated heterocycles. The van der Waals surface area contributed by atoms with E-state index in [0.29, 0.717) is 0 Å². The zero-order valence-electron chi connectivity index (χ0n) is 11.0. The molecule has 0 amide bonds. The number of aromatic nitrogens is 1. The second-order valence-electron chi connectivity index (χ2n) is 4.92. The van der Waals surface area contributed by atoms with E-state index in [1.807, 2.05) is 35.9 Å². The monoisotopic (exact) mass is 247 g/mol. The quantitative estimate of drug-likeness (QED) is 0.906. The summed E-state index contributed by atoms with van der Waals surface area (Å²) in [5, 5.41) is 10.3. The van der Waals surface area contributed by atoms with Crippen LogP contribution >= 0.6 is 0 Å². The van der Waals surface area contributed by atoms with Crippen molar-refractivity contribution in [3.8, 4) is 5.75 Å². The highest BCUT2D eigenvalue weighted by atomic mass is 16.5. The largest absolute Gasteiger partial charge is 0.495 e. The zero-order chi connectivity index (χ0) is 13.5. The van der Waals surface area contributed by atoms with Crippen LogP contribution in [0.25, 0.3) is 10.9 Å². The number of hydrogen-bond donors (Lipinski definition) is 1. The highest BCUT2D eigenvalue weighted by Crippen LogP contribution is 2.33. The lowest BCUT2D eigenvalue weighted by Gasteiger charge is -2.20. The molecule has 2 aromatic rings. The highest BCUT2D eigenvalue weighted by Gasteiger charge is 2.33. The van der Waals surface area contributed by atoms with Crippen molar-refractivity contribution >= 4 is 16.9 Å². The summed E-state index contributed by atoms with van der Waals surface area (Å²) < 4.78 is 7.22. The predicted octanol–water partition coefficient (Wildman–Crippen LogP) is 2.55. The molecule has 0 saturated carbocycles. The van der Waals surface area contributed by atoms with Gasteiger partial charge < -0.3 is 14.4 Å². The Morgan fingerprint density at radius 3 is 2.61 bits per heavy atom. The number of rotatable bonds is 3. The molecule has 0 fully saturated rings. The number of carboxylic acid groups (broad SMARTS) is 1. The van der Waals surface area contributed by atoms with Crippen LogP contribution in [0, 0.1) is 0 Å². The first-order chi connectivity index (χ1) is 8.39. The lowest BCUT2D eigenvalue weighted by molar-refractivity contribution is -0.142. The van der Waals surface area contributed by atoms with Crippen LogP contribution in [0.2, 0.25) is 0 Å². The molecule has 96 valence electrons. The van der Waals surface area contributed by atoms with E-state index in [-0.39, 0.29) is 0 Å². The van der Waals surface area contributed by atoms with Crippen molar-refractivity contribution in [3.63, 3.8) is 0 Å². The average Bonchev–Trinajstić information content (AvgIpc) is 2.67. The van der Waals surface area contributed by atoms with E-state index in [1.165, 1.54) is 0 Å². The van der Waals surface area contributed by atoms with Gasteiger partial charge in [-0.05, 0) is 26.0 Å². The van der Waals surface area contributed by atoms with Gasteiger partial charge in [-0.15, -0.1) is 0 Å². The molecule has 0 aliphatic rings. The first-order valence-electron chi connectivity index (χ1n) is 5.76. The van der Waals surface area contributed by atoms with Crippen molar-refractivity contribution in [2.75, 3.05) is 7.11 Å². The van der Waals surface area contributed by atoms with Crippen LogP contribution in [0.5, 0.6) is 5.75 Å². The van der Waals surface area contributed by atoms with Crippen LogP contribution in [-0.4, -0.2) is 22.8 Å². The Morgan fingerprint density at radius 1 is 1.39 bits per heavy atom. The normalized spacial score (nSPS) is 11.8. The molecule has 1 aromatic heterocycles. The van der Waals surface area contributed by atoms with E-state index in [2.05, 4.69) is 0 Å². The Bertz CT molecular complexity index is 611. The summed E-state index contributed by atoms with van der Waals surface area (Å²) >= 11 is 0. The second-order valence-corrected chi connectivity index (χ2v) is 4.92. The zero-order valence-corrected chi connectivity index (χ0v) is 11.0. The molecule has 18 heavy (non-hydrogen) atoms. The number of para-hydroxylation sites is 1. The number of ether oxygens (including phenoxy) is 1. The maximum atomic E-state index is 11.4. The van der Waals surface area contributed by atoms with Gasteiger partial charge in [0.15, 0.2) is 0 Å². The maximum absolute atomic E-state index is 11.4. The van der Waals surface area contributed by atoms with Gasteiger partial charge in [0.05, 0.1) is 12.6 Å². The van der Waals surface area contributed by atoms with E-state index in [4.69, 9.17) is 4.74 Å². The van der Waals surface area contributed by atoms with Crippen LogP contribution < -0.4 is 4.74 Å². The van der Waals surface area contributed by atoms with Crippen molar-refractivity contribution in [2.24, 2.45) is 7.05 Å². The van der Waals surface area contributed by atoms with Gasteiger partial charge in [0, 0.05) is 18.1 Å². The molecule has 0 spiro atoms. The molecule has 4 heteroatoms. The van der Waals surface area contributed by atoms with Gasteiger partial charge in [-0.1, -0.05) is 12.1 Å². The molecule has 0 atom stereocenters.